The van der Waals surface area contributed by atoms with E-state index in [1.165, 1.54) is 37.8 Å². The third-order valence-corrected chi connectivity index (χ3v) is 7.63. The minimum absolute atomic E-state index is 0.291. The highest BCUT2D eigenvalue weighted by Crippen LogP contribution is 2.45. The first-order chi connectivity index (χ1) is 16.6. The molecule has 0 unspecified atom stereocenters. The molecule has 0 bridgehead atoms. The van der Waals surface area contributed by atoms with Crippen LogP contribution < -0.4 is 0 Å². The molecule has 6 rings (SSSR count). The summed E-state index contributed by atoms with van der Waals surface area (Å²) < 4.78 is 2.33. The Bertz CT molecular complexity index is 1660. The Hall–Kier alpha value is -3.53. The number of thioether (sulfide) groups is 1. The molecule has 0 amide bonds. The monoisotopic (exact) mass is 476 g/mol. The lowest BCUT2D eigenvalue weighted by Crippen LogP contribution is -1.99. The minimum atomic E-state index is 0.291. The van der Waals surface area contributed by atoms with Gasteiger partial charge in [0.25, 0.3) is 0 Å². The van der Waals surface area contributed by atoms with Crippen molar-refractivity contribution in [3.63, 3.8) is 0 Å². The topological polar surface area (TPSA) is 17.3 Å². The maximum Gasteiger partial charge on any atom is 0.122 e. The first-order valence-corrected chi connectivity index (χ1v) is 12.3. The van der Waals surface area contributed by atoms with Gasteiger partial charge in [-0.05, 0) is 54.5 Å². The highest BCUT2D eigenvalue weighted by molar-refractivity contribution is 8.05. The summed E-state index contributed by atoms with van der Waals surface area (Å²) in [6.45, 7) is 5.97. The van der Waals surface area contributed by atoms with E-state index in [1.807, 2.05) is 6.07 Å². The number of para-hydroxylation sites is 2. The van der Waals surface area contributed by atoms with Crippen molar-refractivity contribution < 1.29 is 0 Å². The second kappa shape index (κ2) is 8.35. The van der Waals surface area contributed by atoms with E-state index in [2.05, 4.69) is 114 Å². The third kappa shape index (κ3) is 3.40. The summed E-state index contributed by atoms with van der Waals surface area (Å²) in [5, 5.41) is 2.77. The normalized spacial score (nSPS) is 15.8. The second-order valence-corrected chi connectivity index (χ2v) is 9.80. The van der Waals surface area contributed by atoms with Gasteiger partial charge in [0.1, 0.15) is 5.16 Å². The Balaban J connectivity index is 1.58. The molecule has 1 aliphatic heterocycles. The van der Waals surface area contributed by atoms with Crippen LogP contribution in [0.5, 0.6) is 0 Å². The van der Waals surface area contributed by atoms with Crippen LogP contribution in [0.1, 0.15) is 18.1 Å². The van der Waals surface area contributed by atoms with E-state index in [4.69, 9.17) is 11.6 Å². The highest BCUT2D eigenvalue weighted by atomic mass is 35.5. The number of hydrogen-bond donors (Lipinski definition) is 0. The summed E-state index contributed by atoms with van der Waals surface area (Å²) in [7, 11) is 0. The lowest BCUT2D eigenvalue weighted by atomic mass is 10.0. The summed E-state index contributed by atoms with van der Waals surface area (Å²) in [6, 6.07) is 34.2. The molecule has 0 atom stereocenters. The largest absolute Gasteiger partial charge is 0.309 e. The van der Waals surface area contributed by atoms with Crippen molar-refractivity contribution in [2.45, 2.75) is 11.8 Å². The molecule has 1 aliphatic rings. The standard InChI is InChI=1S/C30H21ClN2S/c1-19(30-29(32-20(2)31)24-13-7-9-15-28(24)34-30)21-16-17-27-25(18-21)23-12-6-8-14-26(23)33(27)22-10-4-3-5-11-22/h3-18H,2H2,1H3/b30-19-,32-29?. The van der Waals surface area contributed by atoms with Gasteiger partial charge in [0.05, 0.1) is 16.7 Å². The van der Waals surface area contributed by atoms with Gasteiger partial charge in [0, 0.05) is 31.8 Å². The van der Waals surface area contributed by atoms with Crippen LogP contribution in [0.15, 0.2) is 124 Å². The van der Waals surface area contributed by atoms with Crippen molar-refractivity contribution in [1.29, 1.82) is 0 Å². The second-order valence-electron chi connectivity index (χ2n) is 8.31. The van der Waals surface area contributed by atoms with Gasteiger partial charge >= 0.3 is 0 Å². The molecule has 5 aromatic rings. The fraction of sp³-hybridized carbons (Fsp3) is 0.0333. The van der Waals surface area contributed by atoms with E-state index in [0.29, 0.717) is 5.16 Å². The van der Waals surface area contributed by atoms with Crippen molar-refractivity contribution in [2.24, 2.45) is 4.99 Å². The maximum absolute atomic E-state index is 6.13. The number of rotatable bonds is 3. The smallest absolute Gasteiger partial charge is 0.122 e. The molecule has 2 nitrogen and oxygen atoms in total. The molecule has 0 N–H and O–H groups in total. The number of halogens is 1. The van der Waals surface area contributed by atoms with Gasteiger partial charge in [-0.15, -0.1) is 0 Å². The third-order valence-electron chi connectivity index (χ3n) is 6.26. The zero-order chi connectivity index (χ0) is 23.2. The summed E-state index contributed by atoms with van der Waals surface area (Å²) in [5.74, 6) is 0. The van der Waals surface area contributed by atoms with Crippen molar-refractivity contribution in [2.75, 3.05) is 0 Å². The molecule has 34 heavy (non-hydrogen) atoms. The molecule has 4 heteroatoms. The zero-order valence-corrected chi connectivity index (χ0v) is 20.2. The molecule has 4 aromatic carbocycles. The summed E-state index contributed by atoms with van der Waals surface area (Å²) in [6.07, 6.45) is 0. The predicted molar refractivity (Wildman–Crippen MR) is 147 cm³/mol. The Morgan fingerprint density at radius 3 is 2.35 bits per heavy atom. The van der Waals surface area contributed by atoms with Crippen molar-refractivity contribution in [3.05, 3.63) is 125 Å². The first kappa shape index (κ1) is 21.0. The van der Waals surface area contributed by atoms with Crippen LogP contribution in [-0.2, 0) is 0 Å². The average molecular weight is 477 g/mol. The van der Waals surface area contributed by atoms with Gasteiger partial charge in [-0.2, -0.15) is 0 Å². The number of benzene rings is 4. The molecule has 0 radical (unpaired) electrons. The molecule has 0 spiro atoms. The molecular weight excluding hydrogens is 456 g/mol. The van der Waals surface area contributed by atoms with Gasteiger partial charge in [-0.3, -0.25) is 0 Å². The number of aromatic nitrogens is 1. The van der Waals surface area contributed by atoms with E-state index in [-0.39, 0.29) is 0 Å². The molecule has 164 valence electrons. The van der Waals surface area contributed by atoms with Crippen molar-refractivity contribution >= 4 is 56.5 Å². The summed E-state index contributed by atoms with van der Waals surface area (Å²) in [5.41, 5.74) is 7.90. The SMILES string of the molecule is C=C(Cl)N=C1/C(=C(\C)c2ccc3c(c2)c2ccccc2n3-c2ccccc2)Sc2ccccc21. The minimum Gasteiger partial charge on any atom is -0.309 e. The van der Waals surface area contributed by atoms with Crippen LogP contribution in [-0.4, -0.2) is 10.3 Å². The van der Waals surface area contributed by atoms with E-state index in [0.717, 1.165) is 21.9 Å². The van der Waals surface area contributed by atoms with Gasteiger partial charge in [0.15, 0.2) is 0 Å². The Morgan fingerprint density at radius 2 is 1.53 bits per heavy atom. The quantitative estimate of drug-likeness (QED) is 0.238. The van der Waals surface area contributed by atoms with Crippen LogP contribution in [0.4, 0.5) is 0 Å². The fourth-order valence-electron chi connectivity index (χ4n) is 4.71. The van der Waals surface area contributed by atoms with Crippen LogP contribution in [0, 0.1) is 0 Å². The van der Waals surface area contributed by atoms with E-state index >= 15 is 0 Å². The van der Waals surface area contributed by atoms with E-state index in [1.54, 1.807) is 11.8 Å². The zero-order valence-electron chi connectivity index (χ0n) is 18.6. The molecule has 1 aromatic heterocycles. The van der Waals surface area contributed by atoms with E-state index < -0.39 is 0 Å². The van der Waals surface area contributed by atoms with E-state index in [9.17, 15) is 0 Å². The predicted octanol–water partition coefficient (Wildman–Crippen LogP) is 8.82. The number of hydrogen-bond acceptors (Lipinski definition) is 2. The molecular formula is C30H21ClN2S. The maximum atomic E-state index is 6.13. The van der Waals surface area contributed by atoms with Crippen molar-refractivity contribution in [3.8, 4) is 5.69 Å². The highest BCUT2D eigenvalue weighted by Gasteiger charge is 2.26. The Morgan fingerprint density at radius 1 is 0.824 bits per heavy atom. The summed E-state index contributed by atoms with van der Waals surface area (Å²) >= 11 is 7.87. The molecule has 0 saturated heterocycles. The Labute approximate surface area is 207 Å². The van der Waals surface area contributed by atoms with Gasteiger partial charge in [0.2, 0.25) is 0 Å². The van der Waals surface area contributed by atoms with Crippen molar-refractivity contribution in [1.82, 2.24) is 4.57 Å². The number of allylic oxidation sites excluding steroid dienone is 2. The van der Waals surface area contributed by atoms with Gasteiger partial charge in [-0.25, -0.2) is 4.99 Å². The number of aliphatic imine (C=N–C) groups is 1. The lowest BCUT2D eigenvalue weighted by Gasteiger charge is -2.10. The Kier molecular flexibility index (Phi) is 5.17. The van der Waals surface area contributed by atoms with Crippen LogP contribution >= 0.6 is 23.4 Å². The van der Waals surface area contributed by atoms with Crippen LogP contribution in [0.2, 0.25) is 0 Å². The summed E-state index contributed by atoms with van der Waals surface area (Å²) in [4.78, 5) is 6.92. The molecule has 0 fully saturated rings. The van der Waals surface area contributed by atoms with Crippen LogP contribution in [0.3, 0.4) is 0 Å². The lowest BCUT2D eigenvalue weighted by molar-refractivity contribution is 1.18. The van der Waals surface area contributed by atoms with Gasteiger partial charge in [-0.1, -0.05) is 90.6 Å². The fourth-order valence-corrected chi connectivity index (χ4v) is 5.96. The molecule has 2 heterocycles. The van der Waals surface area contributed by atoms with Crippen LogP contribution in [0.25, 0.3) is 33.1 Å². The number of fused-ring (bicyclic) bond motifs is 4. The number of nitrogens with zero attached hydrogens (tertiary/aromatic N) is 2. The molecule has 0 aliphatic carbocycles. The average Bonchev–Trinajstić information content (AvgIpc) is 3.39. The molecule has 0 saturated carbocycles. The first-order valence-electron chi connectivity index (χ1n) is 11.1. The van der Waals surface area contributed by atoms with Gasteiger partial charge < -0.3 is 4.57 Å².